The third-order valence-corrected chi connectivity index (χ3v) is 4.35. The first-order valence-corrected chi connectivity index (χ1v) is 7.96. The van der Waals surface area contributed by atoms with Gasteiger partial charge in [0.15, 0.2) is 0 Å². The maximum absolute atomic E-state index is 5.45. The van der Waals surface area contributed by atoms with Crippen LogP contribution in [-0.2, 0) is 6.42 Å². The van der Waals surface area contributed by atoms with Crippen molar-refractivity contribution in [2.45, 2.75) is 40.0 Å². The summed E-state index contributed by atoms with van der Waals surface area (Å²) in [6.45, 7) is 7.55. The van der Waals surface area contributed by atoms with Crippen LogP contribution in [0.3, 0.4) is 0 Å². The number of aryl methyl sites for hydroxylation is 1. The van der Waals surface area contributed by atoms with Crippen LogP contribution in [0.25, 0.3) is 10.2 Å². The van der Waals surface area contributed by atoms with E-state index in [0.29, 0.717) is 5.95 Å². The molecule has 6 heteroatoms. The van der Waals surface area contributed by atoms with Crippen molar-refractivity contribution in [3.63, 3.8) is 0 Å². The highest BCUT2D eigenvalue weighted by atomic mass is 32.1. The summed E-state index contributed by atoms with van der Waals surface area (Å²) >= 11 is 1.70. The molecular weight excluding hydrogens is 270 g/mol. The van der Waals surface area contributed by atoms with Gasteiger partial charge in [0.1, 0.15) is 10.6 Å². The van der Waals surface area contributed by atoms with Crippen LogP contribution in [0, 0.1) is 5.92 Å². The Hall–Kier alpha value is -1.40. The monoisotopic (exact) mass is 293 g/mol. The van der Waals surface area contributed by atoms with Crippen molar-refractivity contribution in [1.82, 2.24) is 9.97 Å². The fourth-order valence-corrected chi connectivity index (χ4v) is 3.03. The van der Waals surface area contributed by atoms with E-state index in [1.807, 2.05) is 0 Å². The molecule has 0 aliphatic rings. The lowest BCUT2D eigenvalue weighted by Crippen LogP contribution is -2.12. The molecule has 0 aliphatic heterocycles. The normalized spacial score (nSPS) is 11.2. The number of anilines is 2. The maximum atomic E-state index is 5.45. The van der Waals surface area contributed by atoms with Crippen LogP contribution in [0.5, 0.6) is 0 Å². The van der Waals surface area contributed by atoms with Crippen molar-refractivity contribution in [3.8, 4) is 0 Å². The number of nitrogens with two attached hydrogens (primary N) is 1. The molecule has 0 saturated carbocycles. The van der Waals surface area contributed by atoms with Gasteiger partial charge in [-0.25, -0.2) is 10.8 Å². The minimum Gasteiger partial charge on any atom is -0.369 e. The third kappa shape index (κ3) is 3.58. The minimum absolute atomic E-state index is 0.466. The van der Waals surface area contributed by atoms with Crippen LogP contribution in [0.2, 0.25) is 0 Å². The fraction of sp³-hybridized carbons (Fsp3) is 0.571. The van der Waals surface area contributed by atoms with Crippen LogP contribution in [0.1, 0.15) is 38.5 Å². The van der Waals surface area contributed by atoms with Crippen LogP contribution in [-0.4, -0.2) is 16.5 Å². The molecule has 0 aromatic carbocycles. The molecule has 0 atom stereocenters. The molecule has 110 valence electrons. The van der Waals surface area contributed by atoms with Crippen LogP contribution >= 0.6 is 11.3 Å². The summed E-state index contributed by atoms with van der Waals surface area (Å²) in [5.74, 6) is 7.52. The van der Waals surface area contributed by atoms with Crippen LogP contribution in [0.15, 0.2) is 6.07 Å². The molecule has 2 aromatic heterocycles. The minimum atomic E-state index is 0.466. The number of hydrazine groups is 1. The van der Waals surface area contributed by atoms with E-state index in [0.717, 1.165) is 41.3 Å². The van der Waals surface area contributed by atoms with Gasteiger partial charge in [0.2, 0.25) is 5.95 Å². The van der Waals surface area contributed by atoms with Crippen LogP contribution in [0.4, 0.5) is 11.8 Å². The molecule has 20 heavy (non-hydrogen) atoms. The van der Waals surface area contributed by atoms with E-state index >= 15 is 0 Å². The zero-order valence-corrected chi connectivity index (χ0v) is 13.2. The molecule has 0 fully saturated rings. The topological polar surface area (TPSA) is 75.9 Å². The van der Waals surface area contributed by atoms with Gasteiger partial charge in [0.05, 0.1) is 5.39 Å². The molecular formula is C14H23N5S. The molecule has 5 nitrogen and oxygen atoms in total. The Labute approximate surface area is 124 Å². The average molecular weight is 293 g/mol. The van der Waals surface area contributed by atoms with Crippen molar-refractivity contribution in [2.24, 2.45) is 11.8 Å². The highest BCUT2D eigenvalue weighted by Crippen LogP contribution is 2.30. The second kappa shape index (κ2) is 6.85. The number of fused-ring (bicyclic) bond motifs is 1. The van der Waals surface area contributed by atoms with E-state index in [9.17, 15) is 0 Å². The number of aromatic nitrogens is 2. The molecule has 0 radical (unpaired) electrons. The molecule has 0 amide bonds. The Kier molecular flexibility index (Phi) is 5.14. The average Bonchev–Trinajstić information content (AvgIpc) is 2.86. The highest BCUT2D eigenvalue weighted by Gasteiger charge is 2.10. The first-order chi connectivity index (χ1) is 9.63. The fourth-order valence-electron chi connectivity index (χ4n) is 2.06. The lowest BCUT2D eigenvalue weighted by molar-refractivity contribution is 0.567. The van der Waals surface area contributed by atoms with E-state index in [-0.39, 0.29) is 0 Å². The molecule has 0 unspecified atom stereocenters. The Balaban J connectivity index is 2.18. The smallest absolute Gasteiger partial charge is 0.240 e. The number of nitrogens with zero attached hydrogens (tertiary/aromatic N) is 2. The molecule has 2 heterocycles. The Morgan fingerprint density at radius 1 is 1.35 bits per heavy atom. The van der Waals surface area contributed by atoms with Gasteiger partial charge < -0.3 is 5.32 Å². The van der Waals surface area contributed by atoms with Gasteiger partial charge in [0.25, 0.3) is 0 Å². The van der Waals surface area contributed by atoms with Crippen molar-refractivity contribution in [1.29, 1.82) is 0 Å². The first kappa shape index (κ1) is 15.0. The number of nitrogen functional groups attached to an aromatic ring is 1. The molecule has 0 bridgehead atoms. The number of hydrogen-bond donors (Lipinski definition) is 3. The van der Waals surface area contributed by atoms with Gasteiger partial charge in [-0.1, -0.05) is 20.8 Å². The summed E-state index contributed by atoms with van der Waals surface area (Å²) in [6, 6.07) is 2.17. The third-order valence-electron chi connectivity index (χ3n) is 3.17. The quantitative estimate of drug-likeness (QED) is 0.414. The van der Waals surface area contributed by atoms with E-state index in [2.05, 4.69) is 47.5 Å². The number of thiophene rings is 1. The summed E-state index contributed by atoms with van der Waals surface area (Å²) in [7, 11) is 0. The van der Waals surface area contributed by atoms with Gasteiger partial charge in [-0.2, -0.15) is 4.98 Å². The predicted molar refractivity (Wildman–Crippen MR) is 87.2 cm³/mol. The van der Waals surface area contributed by atoms with Crippen molar-refractivity contribution >= 4 is 33.3 Å². The number of nitrogens with one attached hydrogen (secondary N) is 2. The SMILES string of the molecule is CCc1cc2c(NCCCC(C)C)nc(NN)nc2s1. The summed E-state index contributed by atoms with van der Waals surface area (Å²) in [4.78, 5) is 11.1. The molecule has 0 spiro atoms. The van der Waals surface area contributed by atoms with Crippen molar-refractivity contribution in [2.75, 3.05) is 17.3 Å². The molecule has 2 aromatic rings. The van der Waals surface area contributed by atoms with Gasteiger partial charge in [-0.3, -0.25) is 5.43 Å². The molecule has 2 rings (SSSR count). The van der Waals surface area contributed by atoms with Gasteiger partial charge in [-0.05, 0) is 31.2 Å². The van der Waals surface area contributed by atoms with E-state index in [1.54, 1.807) is 11.3 Å². The Morgan fingerprint density at radius 3 is 2.80 bits per heavy atom. The number of hydrogen-bond acceptors (Lipinski definition) is 6. The molecule has 4 N–H and O–H groups in total. The van der Waals surface area contributed by atoms with E-state index in [1.165, 1.54) is 11.3 Å². The standard InChI is InChI=1S/C14H23N5S/c1-4-10-8-11-12(16-7-5-6-9(2)3)17-14(19-15)18-13(11)20-10/h8-9H,4-7,15H2,1-3H3,(H2,16,17,18,19). The lowest BCUT2D eigenvalue weighted by atomic mass is 10.1. The van der Waals surface area contributed by atoms with Gasteiger partial charge in [-0.15, -0.1) is 11.3 Å². The lowest BCUT2D eigenvalue weighted by Gasteiger charge is -2.09. The summed E-state index contributed by atoms with van der Waals surface area (Å²) in [5.41, 5.74) is 2.54. The molecule has 0 saturated heterocycles. The zero-order chi connectivity index (χ0) is 14.5. The van der Waals surface area contributed by atoms with Crippen molar-refractivity contribution in [3.05, 3.63) is 10.9 Å². The van der Waals surface area contributed by atoms with E-state index in [4.69, 9.17) is 5.84 Å². The first-order valence-electron chi connectivity index (χ1n) is 7.15. The van der Waals surface area contributed by atoms with E-state index < -0.39 is 0 Å². The maximum Gasteiger partial charge on any atom is 0.240 e. The second-order valence-electron chi connectivity index (χ2n) is 5.29. The molecule has 0 aliphatic carbocycles. The van der Waals surface area contributed by atoms with Gasteiger partial charge >= 0.3 is 0 Å². The summed E-state index contributed by atoms with van der Waals surface area (Å²) in [6.07, 6.45) is 3.37. The Bertz CT molecular complexity index is 564. The largest absolute Gasteiger partial charge is 0.369 e. The van der Waals surface area contributed by atoms with Crippen molar-refractivity contribution < 1.29 is 0 Å². The predicted octanol–water partition coefficient (Wildman–Crippen LogP) is 3.39. The highest BCUT2D eigenvalue weighted by molar-refractivity contribution is 7.18. The summed E-state index contributed by atoms with van der Waals surface area (Å²) in [5, 5.41) is 4.51. The zero-order valence-electron chi connectivity index (χ0n) is 12.4. The summed E-state index contributed by atoms with van der Waals surface area (Å²) < 4.78 is 0. The Morgan fingerprint density at radius 2 is 2.15 bits per heavy atom. The van der Waals surface area contributed by atoms with Gasteiger partial charge in [0, 0.05) is 11.4 Å². The number of rotatable bonds is 7. The second-order valence-corrected chi connectivity index (χ2v) is 6.40. The van der Waals surface area contributed by atoms with Crippen LogP contribution < -0.4 is 16.6 Å².